The molecule has 1 N–H and O–H groups in total. The Morgan fingerprint density at radius 3 is 2.67 bits per heavy atom. The van der Waals surface area contributed by atoms with Gasteiger partial charge in [-0.25, -0.2) is 0 Å². The summed E-state index contributed by atoms with van der Waals surface area (Å²) in [6.45, 7) is 2.14. The largest absolute Gasteiger partial charge is 0.392 e. The van der Waals surface area contributed by atoms with Crippen molar-refractivity contribution in [1.82, 2.24) is 0 Å². The number of ether oxygens (including phenoxy) is 2. The van der Waals surface area contributed by atoms with Gasteiger partial charge in [-0.2, -0.15) is 0 Å². The molecule has 2 fully saturated rings. The lowest BCUT2D eigenvalue weighted by Crippen LogP contribution is -2.42. The lowest BCUT2D eigenvalue weighted by Gasteiger charge is -2.34. The number of aliphatic hydroxyl groups excluding tert-OH is 1. The van der Waals surface area contributed by atoms with Crippen LogP contribution < -0.4 is 0 Å². The minimum Gasteiger partial charge on any atom is -0.392 e. The average Bonchev–Trinajstić information content (AvgIpc) is 2.83. The van der Waals surface area contributed by atoms with E-state index in [1.54, 1.807) is 4.99 Å². The Balaban J connectivity index is 2.11. The maximum Gasteiger partial charge on any atom is 0.0871 e. The van der Waals surface area contributed by atoms with E-state index in [-0.39, 0.29) is 29.2 Å². The first-order valence-corrected chi connectivity index (χ1v) is 10.1. The Morgan fingerprint density at radius 2 is 2.00 bits per heavy atom. The Bertz CT molecular complexity index is 398. The fourth-order valence-corrected chi connectivity index (χ4v) is 3.97. The molecule has 120 valence electrons. The number of hydrogen-bond acceptors (Lipinski definition) is 3. The minimum absolute atomic E-state index is 0.00364. The van der Waals surface area contributed by atoms with Gasteiger partial charge in [-0.15, -0.1) is 5.73 Å². The van der Waals surface area contributed by atoms with Gasteiger partial charge < -0.3 is 14.6 Å². The summed E-state index contributed by atoms with van der Waals surface area (Å²) in [5.41, 5.74) is 3.00. The molecule has 0 aromatic rings. The highest BCUT2D eigenvalue weighted by molar-refractivity contribution is 9.11. The third-order valence-electron chi connectivity index (χ3n) is 4.07. The molecule has 0 aliphatic carbocycles. The normalized spacial score (nSPS) is 41.4. The lowest BCUT2D eigenvalue weighted by molar-refractivity contribution is -0.0861. The van der Waals surface area contributed by atoms with E-state index in [4.69, 9.17) is 9.47 Å². The van der Waals surface area contributed by atoms with Crippen molar-refractivity contribution in [3.05, 3.63) is 16.8 Å². The van der Waals surface area contributed by atoms with Crippen LogP contribution in [0.2, 0.25) is 0 Å². The third kappa shape index (κ3) is 4.90. The molecule has 7 atom stereocenters. The Kier molecular flexibility index (Phi) is 7.47. The monoisotopic (exact) mass is 486 g/mol. The summed E-state index contributed by atoms with van der Waals surface area (Å²) in [5, 5.41) is 10.3. The molecule has 0 saturated carbocycles. The van der Waals surface area contributed by atoms with Gasteiger partial charge in [0.05, 0.1) is 30.5 Å². The molecule has 0 aromatic heterocycles. The molecule has 2 heterocycles. The van der Waals surface area contributed by atoms with Crippen molar-refractivity contribution in [3.63, 3.8) is 0 Å². The molecule has 0 amide bonds. The van der Waals surface area contributed by atoms with Crippen LogP contribution in [-0.2, 0) is 9.47 Å². The van der Waals surface area contributed by atoms with Crippen molar-refractivity contribution in [2.45, 2.75) is 72.8 Å². The van der Waals surface area contributed by atoms with Gasteiger partial charge in [0.25, 0.3) is 0 Å². The number of alkyl halides is 2. The van der Waals surface area contributed by atoms with E-state index in [0.29, 0.717) is 11.2 Å². The van der Waals surface area contributed by atoms with Gasteiger partial charge in [-0.3, -0.25) is 0 Å². The highest BCUT2D eigenvalue weighted by Crippen LogP contribution is 2.35. The van der Waals surface area contributed by atoms with E-state index in [1.165, 1.54) is 0 Å². The lowest BCUT2D eigenvalue weighted by atomic mass is 9.96. The number of halogens is 3. The first-order valence-electron chi connectivity index (χ1n) is 7.33. The fourth-order valence-electron chi connectivity index (χ4n) is 2.89. The van der Waals surface area contributed by atoms with Crippen molar-refractivity contribution in [1.29, 1.82) is 0 Å². The molecule has 0 radical (unpaired) electrons. The molecule has 2 aliphatic rings. The molecule has 3 unspecified atom stereocenters. The van der Waals surface area contributed by atoms with Gasteiger partial charge in [-0.05, 0) is 18.9 Å². The smallest absolute Gasteiger partial charge is 0.0871 e. The highest BCUT2D eigenvalue weighted by atomic mass is 79.9. The van der Waals surface area contributed by atoms with Crippen molar-refractivity contribution in [2.24, 2.45) is 0 Å². The number of hydrogen-bond donors (Lipinski definition) is 1. The van der Waals surface area contributed by atoms with Crippen molar-refractivity contribution < 1.29 is 14.6 Å². The molecule has 0 spiro atoms. The molecule has 21 heavy (non-hydrogen) atoms. The van der Waals surface area contributed by atoms with E-state index < -0.39 is 6.10 Å². The summed E-state index contributed by atoms with van der Waals surface area (Å²) in [6.07, 6.45) is 4.78. The fraction of sp³-hybridized carbons (Fsp3) is 0.800. The highest BCUT2D eigenvalue weighted by Gasteiger charge is 2.42. The zero-order chi connectivity index (χ0) is 15.4. The Morgan fingerprint density at radius 1 is 1.29 bits per heavy atom. The summed E-state index contributed by atoms with van der Waals surface area (Å²) in [7, 11) is 0. The van der Waals surface area contributed by atoms with Crippen LogP contribution in [-0.4, -0.2) is 45.3 Å². The molecular weight excluding hydrogens is 468 g/mol. The zero-order valence-corrected chi connectivity index (χ0v) is 16.7. The molecular formula is C15H21Br3O3. The number of rotatable bonds is 3. The second kappa shape index (κ2) is 8.62. The van der Waals surface area contributed by atoms with Crippen LogP contribution in [0.5, 0.6) is 0 Å². The van der Waals surface area contributed by atoms with E-state index >= 15 is 0 Å². The maximum absolute atomic E-state index is 10.3. The Labute approximate surface area is 151 Å². The van der Waals surface area contributed by atoms with Crippen LogP contribution in [0.3, 0.4) is 0 Å². The molecule has 0 bridgehead atoms. The van der Waals surface area contributed by atoms with Gasteiger partial charge in [0, 0.05) is 27.5 Å². The van der Waals surface area contributed by atoms with Gasteiger partial charge in [-0.1, -0.05) is 54.7 Å². The van der Waals surface area contributed by atoms with E-state index in [2.05, 4.69) is 60.4 Å². The SMILES string of the molecule is CCC(Br)C1C[C@H](Br)C(O)C[C@H]2O[C@H](C=C=CBr)C[C@H]2O1. The summed E-state index contributed by atoms with van der Waals surface area (Å²) in [5.74, 6) is 0. The predicted octanol–water partition coefficient (Wildman–Crippen LogP) is 4.05. The number of aliphatic hydroxyl groups is 1. The van der Waals surface area contributed by atoms with Crippen molar-refractivity contribution >= 4 is 47.8 Å². The van der Waals surface area contributed by atoms with Gasteiger partial charge >= 0.3 is 0 Å². The molecule has 0 aromatic carbocycles. The van der Waals surface area contributed by atoms with Crippen LogP contribution in [0.15, 0.2) is 16.8 Å². The molecule has 2 rings (SSSR count). The maximum atomic E-state index is 10.3. The van der Waals surface area contributed by atoms with Crippen LogP contribution >= 0.6 is 47.8 Å². The summed E-state index contributed by atoms with van der Waals surface area (Å²) in [4.78, 5) is 2.02. The van der Waals surface area contributed by atoms with Gasteiger partial charge in [0.2, 0.25) is 0 Å². The second-order valence-corrected chi connectivity index (χ2v) is 8.39. The summed E-state index contributed by atoms with van der Waals surface area (Å²) >= 11 is 10.5. The zero-order valence-electron chi connectivity index (χ0n) is 11.9. The summed E-state index contributed by atoms with van der Waals surface area (Å²) < 4.78 is 12.3. The van der Waals surface area contributed by atoms with Crippen LogP contribution in [0.1, 0.15) is 32.6 Å². The first-order chi connectivity index (χ1) is 10.0. The second-order valence-electron chi connectivity index (χ2n) is 5.58. The minimum atomic E-state index is -0.407. The standard InChI is InChI=1S/C15H21Br3O3/c1-2-10(17)13-7-11(18)12(19)8-15-14(21-13)6-9(20-15)4-3-5-16/h4-5,9-15,19H,2,6-8H2,1H3/t3?,9-,10?,11+,12?,13?,14-,15-/m1/s1. The summed E-state index contributed by atoms with van der Waals surface area (Å²) in [6, 6.07) is 0. The van der Waals surface area contributed by atoms with Crippen LogP contribution in [0, 0.1) is 0 Å². The topological polar surface area (TPSA) is 38.7 Å². The van der Waals surface area contributed by atoms with Crippen molar-refractivity contribution in [2.75, 3.05) is 0 Å². The van der Waals surface area contributed by atoms with Gasteiger partial charge in [0.1, 0.15) is 0 Å². The average molecular weight is 489 g/mol. The predicted molar refractivity (Wildman–Crippen MR) is 94.5 cm³/mol. The third-order valence-corrected chi connectivity index (χ3v) is 6.55. The number of fused-ring (bicyclic) bond motifs is 1. The van der Waals surface area contributed by atoms with Gasteiger partial charge in [0.15, 0.2) is 0 Å². The van der Waals surface area contributed by atoms with Crippen LogP contribution in [0.4, 0.5) is 0 Å². The van der Waals surface area contributed by atoms with E-state index in [1.807, 2.05) is 6.08 Å². The molecule has 2 aliphatic heterocycles. The van der Waals surface area contributed by atoms with E-state index in [0.717, 1.165) is 19.3 Å². The van der Waals surface area contributed by atoms with Crippen molar-refractivity contribution in [3.8, 4) is 0 Å². The van der Waals surface area contributed by atoms with E-state index in [9.17, 15) is 5.11 Å². The quantitative estimate of drug-likeness (QED) is 0.481. The molecule has 3 nitrogen and oxygen atoms in total. The van der Waals surface area contributed by atoms with Crippen LogP contribution in [0.25, 0.3) is 0 Å². The Hall–Kier alpha value is 0.840. The first kappa shape index (κ1) is 18.2. The molecule has 6 heteroatoms. The molecule has 2 saturated heterocycles.